The number of piperazine rings is 1. The van der Waals surface area contributed by atoms with Gasteiger partial charge in [0, 0.05) is 37.3 Å². The summed E-state index contributed by atoms with van der Waals surface area (Å²) >= 11 is 0. The van der Waals surface area contributed by atoms with Crippen molar-refractivity contribution in [1.82, 2.24) is 14.1 Å². The van der Waals surface area contributed by atoms with Crippen molar-refractivity contribution in [3.8, 4) is 11.4 Å². The van der Waals surface area contributed by atoms with Crippen molar-refractivity contribution < 1.29 is 22.3 Å². The summed E-state index contributed by atoms with van der Waals surface area (Å²) in [5.41, 5.74) is 2.33. The fraction of sp³-hybridized carbons (Fsp3) is 0.316. The fourth-order valence-corrected chi connectivity index (χ4v) is 4.47. The molecule has 1 aliphatic rings. The molecule has 0 bridgehead atoms. The first-order valence-electron chi connectivity index (χ1n) is 9.02. The third-order valence-corrected chi connectivity index (χ3v) is 6.51. The molecule has 0 radical (unpaired) electrons. The number of anilines is 1. The number of aromatic hydroxyl groups is 1. The molecule has 29 heavy (non-hydrogen) atoms. The molecule has 1 N–H and O–H groups in total. The van der Waals surface area contributed by atoms with Crippen molar-refractivity contribution >= 4 is 26.6 Å². The molecule has 10 heteroatoms. The molecule has 1 saturated heterocycles. The zero-order chi connectivity index (χ0) is 20.9. The Bertz CT molecular complexity index is 1200. The molecule has 0 unspecified atom stereocenters. The van der Waals surface area contributed by atoms with Gasteiger partial charge in [0.05, 0.1) is 18.1 Å². The zero-order valence-corrected chi connectivity index (χ0v) is 16.7. The SMILES string of the molecule is Cc1cc(N2CCN(S(C)(=O)=O)CC2)ccc1-n1ncc2cc(F)c(O)c(F)c21. The van der Waals surface area contributed by atoms with Crippen LogP contribution in [0.25, 0.3) is 16.6 Å². The highest BCUT2D eigenvalue weighted by atomic mass is 32.2. The molecule has 3 aromatic rings. The van der Waals surface area contributed by atoms with Crippen LogP contribution in [0.5, 0.6) is 5.75 Å². The zero-order valence-electron chi connectivity index (χ0n) is 15.9. The minimum atomic E-state index is -3.20. The third kappa shape index (κ3) is 3.42. The second-order valence-corrected chi connectivity index (χ2v) is 9.12. The summed E-state index contributed by atoms with van der Waals surface area (Å²) < 4.78 is 54.2. The van der Waals surface area contributed by atoms with Gasteiger partial charge in [-0.25, -0.2) is 21.9 Å². The summed E-state index contributed by atoms with van der Waals surface area (Å²) in [6.45, 7) is 3.82. The van der Waals surface area contributed by atoms with Gasteiger partial charge >= 0.3 is 0 Å². The number of sulfonamides is 1. The van der Waals surface area contributed by atoms with E-state index in [-0.39, 0.29) is 10.9 Å². The normalized spacial score (nSPS) is 15.9. The lowest BCUT2D eigenvalue weighted by Gasteiger charge is -2.35. The molecule has 0 atom stereocenters. The van der Waals surface area contributed by atoms with Crippen molar-refractivity contribution in [1.29, 1.82) is 0 Å². The van der Waals surface area contributed by atoms with E-state index in [4.69, 9.17) is 0 Å². The van der Waals surface area contributed by atoms with Crippen LogP contribution in [0.4, 0.5) is 14.5 Å². The molecule has 1 fully saturated rings. The number of fused-ring (bicyclic) bond motifs is 1. The summed E-state index contributed by atoms with van der Waals surface area (Å²) in [5.74, 6) is -3.12. The molecular weight excluding hydrogens is 402 g/mol. The van der Waals surface area contributed by atoms with Gasteiger partial charge in [0.15, 0.2) is 17.4 Å². The quantitative estimate of drug-likeness (QED) is 0.701. The Morgan fingerprint density at radius 2 is 1.79 bits per heavy atom. The van der Waals surface area contributed by atoms with E-state index in [0.717, 1.165) is 17.3 Å². The molecule has 0 spiro atoms. The molecule has 0 aliphatic carbocycles. The molecule has 1 aromatic heterocycles. The van der Waals surface area contributed by atoms with Gasteiger partial charge in [-0.3, -0.25) is 0 Å². The lowest BCUT2D eigenvalue weighted by atomic mass is 10.1. The lowest BCUT2D eigenvalue weighted by molar-refractivity contribution is 0.388. The van der Waals surface area contributed by atoms with Crippen LogP contribution in [0.1, 0.15) is 5.56 Å². The van der Waals surface area contributed by atoms with E-state index in [9.17, 15) is 22.3 Å². The number of rotatable bonds is 3. The number of phenolic OH excluding ortho intramolecular Hbond substituents is 1. The molecule has 0 saturated carbocycles. The van der Waals surface area contributed by atoms with Crippen molar-refractivity contribution in [3.63, 3.8) is 0 Å². The van der Waals surface area contributed by atoms with Crippen LogP contribution in [0, 0.1) is 18.6 Å². The number of halogens is 2. The maximum atomic E-state index is 14.5. The molecule has 7 nitrogen and oxygen atoms in total. The summed E-state index contributed by atoms with van der Waals surface area (Å²) in [5, 5.41) is 14.0. The van der Waals surface area contributed by atoms with Crippen molar-refractivity contribution in [3.05, 3.63) is 47.7 Å². The summed E-state index contributed by atoms with van der Waals surface area (Å²) in [7, 11) is -3.20. The number of aryl methyl sites for hydroxylation is 1. The van der Waals surface area contributed by atoms with Crippen LogP contribution in [0.3, 0.4) is 0 Å². The first kappa shape index (κ1) is 19.6. The van der Waals surface area contributed by atoms with Gasteiger partial charge in [-0.05, 0) is 36.8 Å². The standard InChI is InChI=1S/C19H20F2N4O3S/c1-12-9-14(23-5-7-24(8-6-23)29(2,27)28)3-4-16(12)25-18-13(11-22-25)10-15(20)19(26)17(18)21/h3-4,9-11,26H,5-8H2,1-2H3. The van der Waals surface area contributed by atoms with Gasteiger partial charge < -0.3 is 10.0 Å². The third-order valence-electron chi connectivity index (χ3n) is 5.20. The minimum absolute atomic E-state index is 0.00140. The van der Waals surface area contributed by atoms with Gasteiger partial charge in [-0.1, -0.05) is 0 Å². The highest BCUT2D eigenvalue weighted by Crippen LogP contribution is 2.31. The summed E-state index contributed by atoms with van der Waals surface area (Å²) in [6.07, 6.45) is 2.55. The maximum absolute atomic E-state index is 14.5. The topological polar surface area (TPSA) is 78.7 Å². The van der Waals surface area contributed by atoms with Gasteiger partial charge in [0.2, 0.25) is 10.0 Å². The van der Waals surface area contributed by atoms with Gasteiger partial charge in [-0.2, -0.15) is 9.40 Å². The molecule has 2 heterocycles. The Labute approximate surface area is 166 Å². The summed E-state index contributed by atoms with van der Waals surface area (Å²) in [4.78, 5) is 2.08. The predicted octanol–water partition coefficient (Wildman–Crippen LogP) is 2.40. The van der Waals surface area contributed by atoms with E-state index < -0.39 is 27.4 Å². The average Bonchev–Trinajstić information content (AvgIpc) is 3.09. The Hall–Kier alpha value is -2.72. The van der Waals surface area contributed by atoms with E-state index >= 15 is 0 Å². The molecule has 4 rings (SSSR count). The lowest BCUT2D eigenvalue weighted by Crippen LogP contribution is -2.48. The van der Waals surface area contributed by atoms with Crippen LogP contribution in [-0.2, 0) is 10.0 Å². The molecule has 2 aromatic carbocycles. The Morgan fingerprint density at radius 1 is 1.10 bits per heavy atom. The van der Waals surface area contributed by atoms with Crippen molar-refractivity contribution in [2.45, 2.75) is 6.92 Å². The van der Waals surface area contributed by atoms with Crippen molar-refractivity contribution in [2.24, 2.45) is 0 Å². The maximum Gasteiger partial charge on any atom is 0.211 e. The fourth-order valence-electron chi connectivity index (χ4n) is 3.64. The number of benzene rings is 2. The van der Waals surface area contributed by atoms with E-state index in [1.165, 1.54) is 21.4 Å². The van der Waals surface area contributed by atoms with Crippen LogP contribution >= 0.6 is 0 Å². The first-order valence-corrected chi connectivity index (χ1v) is 10.9. The number of aromatic nitrogens is 2. The van der Waals surface area contributed by atoms with Crippen LogP contribution < -0.4 is 4.90 Å². The van der Waals surface area contributed by atoms with Gasteiger partial charge in [0.1, 0.15) is 5.52 Å². The number of hydrogen-bond acceptors (Lipinski definition) is 5. The smallest absolute Gasteiger partial charge is 0.211 e. The summed E-state index contributed by atoms with van der Waals surface area (Å²) in [6, 6.07) is 6.59. The number of nitrogens with zero attached hydrogens (tertiary/aromatic N) is 4. The van der Waals surface area contributed by atoms with Crippen LogP contribution in [-0.4, -0.2) is 60.0 Å². The molecule has 154 valence electrons. The number of phenols is 1. The second kappa shape index (κ2) is 6.96. The predicted molar refractivity (Wildman–Crippen MR) is 106 cm³/mol. The molecule has 1 aliphatic heterocycles. The van der Waals surface area contributed by atoms with E-state index in [1.807, 2.05) is 19.1 Å². The second-order valence-electron chi connectivity index (χ2n) is 7.14. The van der Waals surface area contributed by atoms with Gasteiger partial charge in [-0.15, -0.1) is 0 Å². The Morgan fingerprint density at radius 3 is 2.41 bits per heavy atom. The van der Waals surface area contributed by atoms with Crippen molar-refractivity contribution in [2.75, 3.05) is 37.3 Å². The largest absolute Gasteiger partial charge is 0.503 e. The van der Waals surface area contributed by atoms with Crippen LogP contribution in [0.15, 0.2) is 30.5 Å². The van der Waals surface area contributed by atoms with Gasteiger partial charge in [0.25, 0.3) is 0 Å². The monoisotopic (exact) mass is 422 g/mol. The molecule has 0 amide bonds. The molecular formula is C19H20F2N4O3S. The van der Waals surface area contributed by atoms with E-state index in [0.29, 0.717) is 31.9 Å². The first-order chi connectivity index (χ1) is 13.7. The highest BCUT2D eigenvalue weighted by Gasteiger charge is 2.24. The Kier molecular flexibility index (Phi) is 4.70. The Balaban J connectivity index is 1.66. The van der Waals surface area contributed by atoms with E-state index in [1.54, 1.807) is 6.07 Å². The van der Waals surface area contributed by atoms with E-state index in [2.05, 4.69) is 10.00 Å². The van der Waals surface area contributed by atoms with Crippen LogP contribution in [0.2, 0.25) is 0 Å². The average molecular weight is 422 g/mol. The number of hydrogen-bond donors (Lipinski definition) is 1. The minimum Gasteiger partial charge on any atom is -0.503 e. The highest BCUT2D eigenvalue weighted by molar-refractivity contribution is 7.88.